The number of halogens is 3. The number of nitrogens with zero attached hydrogens (tertiary/aromatic N) is 2. The summed E-state index contributed by atoms with van der Waals surface area (Å²) >= 11 is 0. The molecule has 1 N–H and O–H groups in total. The van der Waals surface area contributed by atoms with Crippen LogP contribution in [-0.4, -0.2) is 36.8 Å². The van der Waals surface area contributed by atoms with Crippen LogP contribution in [0.4, 0.5) is 19.0 Å². The second kappa shape index (κ2) is 7.85. The van der Waals surface area contributed by atoms with Crippen LogP contribution in [0.5, 0.6) is 0 Å². The fourth-order valence-electron chi connectivity index (χ4n) is 3.04. The van der Waals surface area contributed by atoms with Crippen LogP contribution in [-0.2, 0) is 22.0 Å². The van der Waals surface area contributed by atoms with Gasteiger partial charge in [0.1, 0.15) is 11.5 Å². The maximum Gasteiger partial charge on any atom is 0.433 e. The molecule has 2 aromatic rings. The average Bonchev–Trinajstić information content (AvgIpc) is 2.62. The van der Waals surface area contributed by atoms with E-state index in [2.05, 4.69) is 10.3 Å². The van der Waals surface area contributed by atoms with E-state index in [1.165, 1.54) is 16.4 Å². The molecule has 0 unspecified atom stereocenters. The van der Waals surface area contributed by atoms with Crippen molar-refractivity contribution in [2.75, 3.05) is 18.4 Å². The summed E-state index contributed by atoms with van der Waals surface area (Å²) in [5, 5.41) is 2.98. The lowest BCUT2D eigenvalue weighted by atomic mass is 10.1. The van der Waals surface area contributed by atoms with Gasteiger partial charge >= 0.3 is 6.18 Å². The highest BCUT2D eigenvalue weighted by Crippen LogP contribution is 2.28. The Kier molecular flexibility index (Phi) is 5.71. The largest absolute Gasteiger partial charge is 0.433 e. The first-order valence-corrected chi connectivity index (χ1v) is 10.2. The molecule has 146 valence electrons. The van der Waals surface area contributed by atoms with E-state index >= 15 is 0 Å². The summed E-state index contributed by atoms with van der Waals surface area (Å²) in [5.41, 5.74) is -0.221. The van der Waals surface area contributed by atoms with E-state index in [9.17, 15) is 21.6 Å². The van der Waals surface area contributed by atoms with E-state index in [4.69, 9.17) is 0 Å². The first-order chi connectivity index (χ1) is 12.7. The smallest absolute Gasteiger partial charge is 0.367 e. The number of hydrogen-bond donors (Lipinski definition) is 1. The van der Waals surface area contributed by atoms with Crippen molar-refractivity contribution in [1.82, 2.24) is 9.29 Å². The summed E-state index contributed by atoms with van der Waals surface area (Å²) in [5.74, 6) is 0.0941. The summed E-state index contributed by atoms with van der Waals surface area (Å²) in [6.07, 6.45) is -3.48. The number of alkyl halides is 3. The Bertz CT molecular complexity index is 865. The molecule has 3 rings (SSSR count). The normalized spacial score (nSPS) is 17.0. The molecule has 5 nitrogen and oxygen atoms in total. The van der Waals surface area contributed by atoms with E-state index in [1.54, 1.807) is 24.3 Å². The van der Waals surface area contributed by atoms with Gasteiger partial charge in [0.15, 0.2) is 0 Å². The lowest BCUT2D eigenvalue weighted by molar-refractivity contribution is -0.141. The molecule has 1 aromatic carbocycles. The summed E-state index contributed by atoms with van der Waals surface area (Å²) in [6, 6.07) is 12.5. The predicted molar refractivity (Wildman–Crippen MR) is 96.5 cm³/mol. The number of aromatic nitrogens is 1. The first-order valence-electron chi connectivity index (χ1n) is 8.56. The van der Waals surface area contributed by atoms with Gasteiger partial charge in [-0.3, -0.25) is 0 Å². The number of anilines is 1. The number of nitrogens with one attached hydrogen (secondary N) is 1. The minimum absolute atomic E-state index is 0.0544. The van der Waals surface area contributed by atoms with Crippen molar-refractivity contribution >= 4 is 15.8 Å². The van der Waals surface area contributed by atoms with Gasteiger partial charge < -0.3 is 5.32 Å². The lowest BCUT2D eigenvalue weighted by Gasteiger charge is -2.32. The highest BCUT2D eigenvalue weighted by molar-refractivity contribution is 7.88. The third-order valence-electron chi connectivity index (χ3n) is 4.43. The summed E-state index contributed by atoms with van der Waals surface area (Å²) in [4.78, 5) is 3.59. The van der Waals surface area contributed by atoms with Crippen molar-refractivity contribution in [3.05, 3.63) is 59.8 Å². The summed E-state index contributed by atoms with van der Waals surface area (Å²) < 4.78 is 64.8. The highest BCUT2D eigenvalue weighted by Gasteiger charge is 2.33. The second-order valence-corrected chi connectivity index (χ2v) is 8.43. The molecule has 0 saturated carbocycles. The molecule has 1 aromatic heterocycles. The Morgan fingerprint density at radius 3 is 2.33 bits per heavy atom. The fraction of sp³-hybridized carbons (Fsp3) is 0.389. The van der Waals surface area contributed by atoms with Gasteiger partial charge in [-0.2, -0.15) is 13.2 Å². The van der Waals surface area contributed by atoms with E-state index in [1.807, 2.05) is 6.07 Å². The summed E-state index contributed by atoms with van der Waals surface area (Å²) in [6.45, 7) is 0.650. The molecule has 1 aliphatic heterocycles. The van der Waals surface area contributed by atoms with Crippen LogP contribution in [0.15, 0.2) is 48.5 Å². The molecule has 1 aliphatic rings. The quantitative estimate of drug-likeness (QED) is 0.836. The highest BCUT2D eigenvalue weighted by atomic mass is 32.2. The fourth-order valence-corrected chi connectivity index (χ4v) is 4.60. The van der Waals surface area contributed by atoms with Crippen molar-refractivity contribution in [2.24, 2.45) is 0 Å². The van der Waals surface area contributed by atoms with E-state index in [0.717, 1.165) is 11.6 Å². The number of rotatable bonds is 5. The topological polar surface area (TPSA) is 62.3 Å². The van der Waals surface area contributed by atoms with Crippen LogP contribution in [0.1, 0.15) is 24.1 Å². The minimum atomic E-state index is -4.49. The first kappa shape index (κ1) is 19.6. The van der Waals surface area contributed by atoms with E-state index in [-0.39, 0.29) is 17.6 Å². The number of sulfonamides is 1. The molecule has 2 heterocycles. The van der Waals surface area contributed by atoms with Crippen molar-refractivity contribution < 1.29 is 21.6 Å². The zero-order valence-electron chi connectivity index (χ0n) is 14.5. The molecule has 0 bridgehead atoms. The van der Waals surface area contributed by atoms with Gasteiger partial charge in [0, 0.05) is 19.1 Å². The zero-order valence-corrected chi connectivity index (χ0v) is 15.3. The third kappa shape index (κ3) is 5.20. The van der Waals surface area contributed by atoms with Gasteiger partial charge in [0.2, 0.25) is 10.0 Å². The van der Waals surface area contributed by atoms with Crippen LogP contribution in [0.25, 0.3) is 0 Å². The zero-order chi connectivity index (χ0) is 19.5. The minimum Gasteiger partial charge on any atom is -0.367 e. The molecule has 9 heteroatoms. The SMILES string of the molecule is O=S(=O)(Cc1ccccc1)N1CCC(Nc2cccc(C(F)(F)F)n2)CC1. The molecular weight excluding hydrogens is 379 g/mol. The average molecular weight is 399 g/mol. The molecule has 0 aliphatic carbocycles. The number of pyridine rings is 1. The van der Waals surface area contributed by atoms with Crippen molar-refractivity contribution in [1.29, 1.82) is 0 Å². The van der Waals surface area contributed by atoms with Gasteiger partial charge in [-0.15, -0.1) is 0 Å². The lowest BCUT2D eigenvalue weighted by Crippen LogP contribution is -2.42. The Labute approximate surface area is 156 Å². The van der Waals surface area contributed by atoms with Crippen molar-refractivity contribution in [3.63, 3.8) is 0 Å². The Hall–Kier alpha value is -2.13. The standard InChI is InChI=1S/C18H20F3N3O2S/c19-18(20,21)16-7-4-8-17(23-16)22-15-9-11-24(12-10-15)27(25,26)13-14-5-2-1-3-6-14/h1-8,15H,9-13H2,(H,22,23). The van der Waals surface area contributed by atoms with Crippen molar-refractivity contribution in [2.45, 2.75) is 30.8 Å². The van der Waals surface area contributed by atoms with E-state index < -0.39 is 21.9 Å². The Morgan fingerprint density at radius 1 is 1.04 bits per heavy atom. The van der Waals surface area contributed by atoms with Crippen LogP contribution in [0.2, 0.25) is 0 Å². The number of hydrogen-bond acceptors (Lipinski definition) is 4. The van der Waals surface area contributed by atoms with Crippen molar-refractivity contribution in [3.8, 4) is 0 Å². The number of benzene rings is 1. The maximum atomic E-state index is 12.7. The van der Waals surface area contributed by atoms with Gasteiger partial charge in [-0.05, 0) is 30.5 Å². The molecule has 0 atom stereocenters. The van der Waals surface area contributed by atoms with E-state index in [0.29, 0.717) is 25.9 Å². The molecule has 1 saturated heterocycles. The molecule has 0 amide bonds. The Balaban J connectivity index is 1.57. The monoisotopic (exact) mass is 399 g/mol. The molecule has 0 spiro atoms. The third-order valence-corrected chi connectivity index (χ3v) is 6.28. The second-order valence-electron chi connectivity index (χ2n) is 6.47. The predicted octanol–water partition coefficient (Wildman–Crippen LogP) is 3.51. The van der Waals surface area contributed by atoms with Crippen LogP contribution < -0.4 is 5.32 Å². The molecule has 27 heavy (non-hydrogen) atoms. The van der Waals surface area contributed by atoms with Crippen LogP contribution >= 0.6 is 0 Å². The molecular formula is C18H20F3N3O2S. The molecule has 0 radical (unpaired) electrons. The summed E-state index contributed by atoms with van der Waals surface area (Å²) in [7, 11) is -3.42. The molecule has 1 fully saturated rings. The van der Waals surface area contributed by atoms with Crippen LogP contribution in [0.3, 0.4) is 0 Å². The van der Waals surface area contributed by atoms with Gasteiger partial charge in [-0.1, -0.05) is 36.4 Å². The van der Waals surface area contributed by atoms with Gasteiger partial charge in [0.25, 0.3) is 0 Å². The number of piperidine rings is 1. The van der Waals surface area contributed by atoms with Gasteiger partial charge in [0.05, 0.1) is 5.75 Å². The van der Waals surface area contributed by atoms with Gasteiger partial charge in [-0.25, -0.2) is 17.7 Å². The Morgan fingerprint density at radius 2 is 1.70 bits per heavy atom. The van der Waals surface area contributed by atoms with Crippen LogP contribution in [0, 0.1) is 0 Å². The maximum absolute atomic E-state index is 12.7.